The Morgan fingerprint density at radius 2 is 2.30 bits per heavy atom. The summed E-state index contributed by atoms with van der Waals surface area (Å²) in [6.07, 6.45) is 2.59. The number of hydrazone groups is 1. The molecule has 120 valence electrons. The minimum Gasteiger partial charge on any atom is -0.484 e. The molecule has 1 aromatic carbocycles. The first-order chi connectivity index (χ1) is 11.1. The van der Waals surface area contributed by atoms with Crippen molar-refractivity contribution in [1.82, 2.24) is 5.43 Å². The van der Waals surface area contributed by atoms with Crippen LogP contribution in [-0.4, -0.2) is 18.7 Å². The molecule has 0 spiro atoms. The Kier molecular flexibility index (Phi) is 4.41. The topological polar surface area (TPSA) is 63.8 Å². The van der Waals surface area contributed by atoms with E-state index < -0.39 is 11.7 Å². The van der Waals surface area contributed by atoms with Crippen molar-refractivity contribution in [1.29, 1.82) is 0 Å². The number of carbonyl (C=O) groups excluding carboxylic acids is 1. The molecule has 1 aliphatic carbocycles. The zero-order chi connectivity index (χ0) is 16.2. The second-order valence-electron chi connectivity index (χ2n) is 5.60. The van der Waals surface area contributed by atoms with Crippen LogP contribution in [0.2, 0.25) is 0 Å². The van der Waals surface area contributed by atoms with Crippen molar-refractivity contribution < 1.29 is 18.3 Å². The second-order valence-corrected chi connectivity index (χ2v) is 5.60. The zero-order valence-electron chi connectivity index (χ0n) is 12.7. The van der Waals surface area contributed by atoms with E-state index in [1.807, 2.05) is 12.1 Å². The molecule has 1 N–H and O–H groups in total. The summed E-state index contributed by atoms with van der Waals surface area (Å²) in [6, 6.07) is 9.35. The molecule has 2 aromatic rings. The summed E-state index contributed by atoms with van der Waals surface area (Å²) >= 11 is 0. The summed E-state index contributed by atoms with van der Waals surface area (Å²) in [6.45, 7) is 1.93. The van der Waals surface area contributed by atoms with Gasteiger partial charge in [0, 0.05) is 12.0 Å². The van der Waals surface area contributed by atoms with E-state index in [0.29, 0.717) is 23.3 Å². The van der Waals surface area contributed by atoms with Crippen molar-refractivity contribution in [3.8, 4) is 5.75 Å². The molecule has 1 fully saturated rings. The highest BCUT2D eigenvalue weighted by Crippen LogP contribution is 2.47. The van der Waals surface area contributed by atoms with Gasteiger partial charge in [0.05, 0.1) is 6.21 Å². The van der Waals surface area contributed by atoms with E-state index in [1.54, 1.807) is 6.07 Å². The van der Waals surface area contributed by atoms with Gasteiger partial charge in [-0.1, -0.05) is 13.0 Å². The van der Waals surface area contributed by atoms with Crippen LogP contribution in [0.4, 0.5) is 4.39 Å². The van der Waals surface area contributed by atoms with Crippen LogP contribution in [0.3, 0.4) is 0 Å². The third-order valence-electron chi connectivity index (χ3n) is 3.67. The number of hydrogen-bond acceptors (Lipinski definition) is 4. The summed E-state index contributed by atoms with van der Waals surface area (Å²) < 4.78 is 23.7. The van der Waals surface area contributed by atoms with Gasteiger partial charge in [0.15, 0.2) is 6.61 Å². The smallest absolute Gasteiger partial charge is 0.277 e. The lowest BCUT2D eigenvalue weighted by atomic mass is 10.3. The summed E-state index contributed by atoms with van der Waals surface area (Å²) in [7, 11) is 0. The predicted octanol–water partition coefficient (Wildman–Crippen LogP) is 3.07. The molecule has 1 amide bonds. The Labute approximate surface area is 133 Å². The lowest BCUT2D eigenvalue weighted by Gasteiger charge is -2.04. The summed E-state index contributed by atoms with van der Waals surface area (Å²) in [4.78, 5) is 11.6. The normalized spacial score (nSPS) is 19.7. The first-order valence-electron chi connectivity index (χ1n) is 7.42. The highest BCUT2D eigenvalue weighted by Gasteiger charge is 2.36. The number of rotatable bonds is 6. The van der Waals surface area contributed by atoms with Gasteiger partial charge >= 0.3 is 0 Å². The Morgan fingerprint density at radius 1 is 1.48 bits per heavy atom. The summed E-state index contributed by atoms with van der Waals surface area (Å²) in [5.74, 6) is 2.16. The molecule has 0 radical (unpaired) electrons. The average Bonchev–Trinajstić information content (AvgIpc) is 3.07. The molecule has 1 aromatic heterocycles. The van der Waals surface area contributed by atoms with Crippen molar-refractivity contribution >= 4 is 12.1 Å². The van der Waals surface area contributed by atoms with E-state index in [9.17, 15) is 9.18 Å². The first kappa shape index (κ1) is 15.3. The maximum Gasteiger partial charge on any atom is 0.277 e. The largest absolute Gasteiger partial charge is 0.484 e. The first-order valence-corrected chi connectivity index (χ1v) is 7.42. The molecule has 0 aliphatic heterocycles. The van der Waals surface area contributed by atoms with Gasteiger partial charge in [0.25, 0.3) is 5.91 Å². The molecule has 2 atom stereocenters. The number of benzene rings is 1. The second kappa shape index (κ2) is 6.64. The van der Waals surface area contributed by atoms with E-state index in [1.165, 1.54) is 24.4 Å². The fraction of sp³-hybridized carbons (Fsp3) is 0.294. The molecule has 0 bridgehead atoms. The number of carbonyl (C=O) groups is 1. The lowest BCUT2D eigenvalue weighted by Crippen LogP contribution is -2.24. The van der Waals surface area contributed by atoms with Gasteiger partial charge in [0.1, 0.15) is 23.1 Å². The van der Waals surface area contributed by atoms with Gasteiger partial charge in [-0.05, 0) is 36.6 Å². The average molecular weight is 316 g/mol. The highest BCUT2D eigenvalue weighted by atomic mass is 19.1. The maximum atomic E-state index is 13.0. The molecule has 1 heterocycles. The minimum absolute atomic E-state index is 0.246. The van der Waals surface area contributed by atoms with Crippen molar-refractivity contribution in [2.45, 2.75) is 19.3 Å². The van der Waals surface area contributed by atoms with Crippen LogP contribution in [0.25, 0.3) is 0 Å². The Morgan fingerprint density at radius 3 is 3.04 bits per heavy atom. The Balaban J connectivity index is 1.44. The fourth-order valence-corrected chi connectivity index (χ4v) is 2.26. The van der Waals surface area contributed by atoms with E-state index in [2.05, 4.69) is 17.5 Å². The third-order valence-corrected chi connectivity index (χ3v) is 3.67. The van der Waals surface area contributed by atoms with Gasteiger partial charge in [-0.25, -0.2) is 9.82 Å². The number of hydrogen-bond donors (Lipinski definition) is 1. The standard InChI is InChI=1S/C17H17FN2O3/c1-11-7-15(11)16-6-5-14(23-16)9-19-20-17(21)10-22-13-4-2-3-12(18)8-13/h2-6,8-9,11,15H,7,10H2,1H3,(H,20,21)/b19-9-/t11-,15+/m0/s1. The van der Waals surface area contributed by atoms with E-state index in [4.69, 9.17) is 9.15 Å². The number of amides is 1. The van der Waals surface area contributed by atoms with Crippen LogP contribution < -0.4 is 10.2 Å². The fourth-order valence-electron chi connectivity index (χ4n) is 2.26. The van der Waals surface area contributed by atoms with Crippen molar-refractivity contribution in [3.63, 3.8) is 0 Å². The van der Waals surface area contributed by atoms with Crippen LogP contribution in [0.1, 0.15) is 30.8 Å². The Hall–Kier alpha value is -2.63. The Bertz CT molecular complexity index is 726. The molecule has 0 unspecified atom stereocenters. The molecular weight excluding hydrogens is 299 g/mol. The minimum atomic E-state index is -0.437. The molecule has 5 nitrogen and oxygen atoms in total. The number of nitrogens with one attached hydrogen (secondary N) is 1. The van der Waals surface area contributed by atoms with Crippen LogP contribution >= 0.6 is 0 Å². The number of furan rings is 1. The van der Waals surface area contributed by atoms with E-state index in [-0.39, 0.29) is 6.61 Å². The van der Waals surface area contributed by atoms with Crippen molar-refractivity contribution in [2.24, 2.45) is 11.0 Å². The van der Waals surface area contributed by atoms with E-state index >= 15 is 0 Å². The summed E-state index contributed by atoms with van der Waals surface area (Å²) in [5, 5.41) is 3.81. The van der Waals surface area contributed by atoms with Crippen LogP contribution in [0.15, 0.2) is 45.9 Å². The number of nitrogens with zero attached hydrogens (tertiary/aromatic N) is 1. The molecule has 23 heavy (non-hydrogen) atoms. The van der Waals surface area contributed by atoms with Crippen LogP contribution in [0, 0.1) is 11.7 Å². The molecule has 1 saturated carbocycles. The predicted molar refractivity (Wildman–Crippen MR) is 82.9 cm³/mol. The van der Waals surface area contributed by atoms with Crippen LogP contribution in [0.5, 0.6) is 5.75 Å². The quantitative estimate of drug-likeness (QED) is 0.658. The highest BCUT2D eigenvalue weighted by molar-refractivity contribution is 5.81. The van der Waals surface area contributed by atoms with Gasteiger partial charge in [-0.15, -0.1) is 0 Å². The zero-order valence-corrected chi connectivity index (χ0v) is 12.7. The molecule has 6 heteroatoms. The third kappa shape index (κ3) is 4.18. The molecule has 3 rings (SSSR count). The lowest BCUT2D eigenvalue weighted by molar-refractivity contribution is -0.123. The van der Waals surface area contributed by atoms with Gasteiger partial charge < -0.3 is 9.15 Å². The van der Waals surface area contributed by atoms with Crippen molar-refractivity contribution in [3.05, 3.63) is 53.7 Å². The molecular formula is C17H17FN2O3. The molecule has 1 aliphatic rings. The SMILES string of the molecule is C[C@H]1C[C@H]1c1ccc(/C=N\NC(=O)COc2cccc(F)c2)o1. The number of ether oxygens (including phenoxy) is 1. The van der Waals surface area contributed by atoms with Crippen molar-refractivity contribution in [2.75, 3.05) is 6.61 Å². The van der Waals surface area contributed by atoms with E-state index in [0.717, 1.165) is 12.2 Å². The molecule has 0 saturated heterocycles. The van der Waals surface area contributed by atoms with Gasteiger partial charge in [-0.3, -0.25) is 4.79 Å². The van der Waals surface area contributed by atoms with Gasteiger partial charge in [0.2, 0.25) is 0 Å². The number of halogens is 1. The monoisotopic (exact) mass is 316 g/mol. The van der Waals surface area contributed by atoms with Crippen LogP contribution in [-0.2, 0) is 4.79 Å². The summed E-state index contributed by atoms with van der Waals surface area (Å²) in [5.41, 5.74) is 2.33. The van der Waals surface area contributed by atoms with Gasteiger partial charge in [-0.2, -0.15) is 5.10 Å². The maximum absolute atomic E-state index is 13.0.